The minimum atomic E-state index is 0.417. The molecule has 0 radical (unpaired) electrons. The Bertz CT molecular complexity index is 938. The second-order valence-electron chi connectivity index (χ2n) is 5.03. The third kappa shape index (κ3) is 2.44. The van der Waals surface area contributed by atoms with Gasteiger partial charge < -0.3 is 9.30 Å². The Hall–Kier alpha value is -3.16. The third-order valence-electron chi connectivity index (χ3n) is 3.55. The first-order valence-corrected chi connectivity index (χ1v) is 7.19. The van der Waals surface area contributed by atoms with E-state index in [1.54, 1.807) is 19.3 Å². The zero-order valence-corrected chi connectivity index (χ0v) is 12.5. The monoisotopic (exact) mass is 310 g/mol. The molecule has 116 valence electrons. The first-order chi connectivity index (χ1) is 11.3. The average molecular weight is 310 g/mol. The standard InChI is InChI=1S/C15H14N6O2/c1-11-15(19-23-18-11)22-10-9-20-8-7-16-14(20)13-4-2-3-12-5-6-17-21(12)13/h2-8H,9-10H2,1H3. The van der Waals surface area contributed by atoms with Crippen LogP contribution in [0, 0.1) is 6.92 Å². The number of aromatic nitrogens is 6. The van der Waals surface area contributed by atoms with E-state index in [4.69, 9.17) is 4.74 Å². The summed E-state index contributed by atoms with van der Waals surface area (Å²) in [7, 11) is 0. The lowest BCUT2D eigenvalue weighted by Gasteiger charge is -2.09. The van der Waals surface area contributed by atoms with Crippen molar-refractivity contribution in [2.75, 3.05) is 6.61 Å². The first kappa shape index (κ1) is 13.5. The molecule has 4 aromatic rings. The average Bonchev–Trinajstić information content (AvgIpc) is 3.28. The molecule has 8 nitrogen and oxygen atoms in total. The molecule has 0 saturated carbocycles. The van der Waals surface area contributed by atoms with E-state index >= 15 is 0 Å². The van der Waals surface area contributed by atoms with E-state index in [0.29, 0.717) is 24.7 Å². The fourth-order valence-corrected chi connectivity index (χ4v) is 2.44. The second kappa shape index (κ2) is 5.56. The second-order valence-corrected chi connectivity index (χ2v) is 5.03. The Kier molecular flexibility index (Phi) is 3.26. The van der Waals surface area contributed by atoms with Crippen LogP contribution < -0.4 is 4.74 Å². The van der Waals surface area contributed by atoms with Gasteiger partial charge in [-0.3, -0.25) is 0 Å². The highest BCUT2D eigenvalue weighted by Crippen LogP contribution is 2.19. The van der Waals surface area contributed by atoms with Crippen LogP contribution in [-0.4, -0.2) is 36.1 Å². The van der Waals surface area contributed by atoms with Crippen LogP contribution in [0.2, 0.25) is 0 Å². The van der Waals surface area contributed by atoms with Crippen molar-refractivity contribution < 1.29 is 9.37 Å². The van der Waals surface area contributed by atoms with Gasteiger partial charge in [-0.1, -0.05) is 11.2 Å². The number of nitrogens with zero attached hydrogens (tertiary/aromatic N) is 6. The van der Waals surface area contributed by atoms with E-state index in [1.807, 2.05) is 39.5 Å². The molecule has 0 fully saturated rings. The van der Waals surface area contributed by atoms with E-state index in [0.717, 1.165) is 17.0 Å². The van der Waals surface area contributed by atoms with Crippen LogP contribution in [-0.2, 0) is 6.54 Å². The Morgan fingerprint density at radius 1 is 1.17 bits per heavy atom. The molecule has 0 spiro atoms. The molecule has 4 rings (SSSR count). The zero-order valence-electron chi connectivity index (χ0n) is 12.5. The maximum Gasteiger partial charge on any atom is 0.278 e. The quantitative estimate of drug-likeness (QED) is 0.560. The van der Waals surface area contributed by atoms with Gasteiger partial charge >= 0.3 is 0 Å². The van der Waals surface area contributed by atoms with Gasteiger partial charge in [0.15, 0.2) is 5.82 Å². The molecule has 0 aromatic carbocycles. The van der Waals surface area contributed by atoms with Crippen LogP contribution in [0.4, 0.5) is 0 Å². The molecule has 23 heavy (non-hydrogen) atoms. The topological polar surface area (TPSA) is 83.3 Å². The molecule has 0 saturated heterocycles. The minimum Gasteiger partial charge on any atom is -0.472 e. The number of ether oxygens (including phenoxy) is 1. The summed E-state index contributed by atoms with van der Waals surface area (Å²) in [6, 6.07) is 7.95. The van der Waals surface area contributed by atoms with Gasteiger partial charge in [-0.25, -0.2) is 14.1 Å². The molecule has 0 N–H and O–H groups in total. The third-order valence-corrected chi connectivity index (χ3v) is 3.55. The van der Waals surface area contributed by atoms with Crippen LogP contribution in [0.3, 0.4) is 0 Å². The van der Waals surface area contributed by atoms with Crippen LogP contribution in [0.25, 0.3) is 17.0 Å². The number of fused-ring (bicyclic) bond motifs is 1. The van der Waals surface area contributed by atoms with Crippen molar-refractivity contribution in [1.29, 1.82) is 0 Å². The Balaban J connectivity index is 1.57. The van der Waals surface area contributed by atoms with Crippen molar-refractivity contribution in [3.63, 3.8) is 0 Å². The maximum atomic E-state index is 5.58. The molecule has 0 aliphatic carbocycles. The van der Waals surface area contributed by atoms with E-state index in [2.05, 4.69) is 25.0 Å². The van der Waals surface area contributed by atoms with Gasteiger partial charge in [0.1, 0.15) is 18.0 Å². The van der Waals surface area contributed by atoms with Crippen molar-refractivity contribution in [3.05, 3.63) is 48.5 Å². The van der Waals surface area contributed by atoms with Crippen LogP contribution in [0.15, 0.2) is 47.5 Å². The number of imidazole rings is 1. The highest BCUT2D eigenvalue weighted by molar-refractivity contribution is 5.58. The highest BCUT2D eigenvalue weighted by atomic mass is 16.6. The summed E-state index contributed by atoms with van der Waals surface area (Å²) in [5.74, 6) is 1.25. The van der Waals surface area contributed by atoms with Crippen LogP contribution >= 0.6 is 0 Å². The highest BCUT2D eigenvalue weighted by Gasteiger charge is 2.11. The fraction of sp³-hybridized carbons (Fsp3) is 0.200. The van der Waals surface area contributed by atoms with E-state index < -0.39 is 0 Å². The van der Waals surface area contributed by atoms with Crippen molar-refractivity contribution >= 4 is 5.52 Å². The van der Waals surface area contributed by atoms with Crippen molar-refractivity contribution in [1.82, 2.24) is 29.5 Å². The first-order valence-electron chi connectivity index (χ1n) is 7.19. The summed E-state index contributed by atoms with van der Waals surface area (Å²) in [5.41, 5.74) is 2.59. The van der Waals surface area contributed by atoms with Gasteiger partial charge in [-0.05, 0) is 30.3 Å². The number of pyridine rings is 1. The number of aryl methyl sites for hydroxylation is 1. The molecule has 0 atom stereocenters. The van der Waals surface area contributed by atoms with Gasteiger partial charge in [0, 0.05) is 12.4 Å². The summed E-state index contributed by atoms with van der Waals surface area (Å²) >= 11 is 0. The van der Waals surface area contributed by atoms with E-state index in [9.17, 15) is 0 Å². The molecule has 0 unspecified atom stereocenters. The maximum absolute atomic E-state index is 5.58. The Morgan fingerprint density at radius 3 is 3.00 bits per heavy atom. The molecule has 4 heterocycles. The summed E-state index contributed by atoms with van der Waals surface area (Å²) in [5, 5.41) is 11.7. The number of rotatable bonds is 5. The molecule has 0 bridgehead atoms. The smallest absolute Gasteiger partial charge is 0.278 e. The lowest BCUT2D eigenvalue weighted by Crippen LogP contribution is -2.10. The predicted octanol–water partition coefficient (Wildman–Crippen LogP) is 1.97. The lowest BCUT2D eigenvalue weighted by molar-refractivity contribution is 0.248. The van der Waals surface area contributed by atoms with Gasteiger partial charge in [0.25, 0.3) is 5.88 Å². The van der Waals surface area contributed by atoms with E-state index in [1.165, 1.54) is 0 Å². The van der Waals surface area contributed by atoms with Crippen molar-refractivity contribution in [2.45, 2.75) is 13.5 Å². The van der Waals surface area contributed by atoms with Gasteiger partial charge in [0.2, 0.25) is 0 Å². The molecular weight excluding hydrogens is 296 g/mol. The summed E-state index contributed by atoms with van der Waals surface area (Å²) < 4.78 is 14.1. The van der Waals surface area contributed by atoms with Crippen molar-refractivity contribution in [3.8, 4) is 17.4 Å². The normalized spacial score (nSPS) is 11.2. The van der Waals surface area contributed by atoms with Gasteiger partial charge in [0.05, 0.1) is 18.3 Å². The van der Waals surface area contributed by atoms with Crippen LogP contribution in [0.5, 0.6) is 5.88 Å². The minimum absolute atomic E-state index is 0.417. The molecule has 0 aliphatic rings. The summed E-state index contributed by atoms with van der Waals surface area (Å²) in [6.07, 6.45) is 5.45. The molecule has 0 aliphatic heterocycles. The Morgan fingerprint density at radius 2 is 2.13 bits per heavy atom. The summed E-state index contributed by atoms with van der Waals surface area (Å²) in [4.78, 5) is 4.45. The van der Waals surface area contributed by atoms with Crippen molar-refractivity contribution in [2.24, 2.45) is 0 Å². The van der Waals surface area contributed by atoms with Gasteiger partial charge in [-0.2, -0.15) is 5.10 Å². The van der Waals surface area contributed by atoms with Gasteiger partial charge in [-0.15, -0.1) is 0 Å². The predicted molar refractivity (Wildman–Crippen MR) is 80.9 cm³/mol. The Labute approximate surface area is 131 Å². The zero-order chi connectivity index (χ0) is 15.6. The molecule has 4 aromatic heterocycles. The molecular formula is C15H14N6O2. The SMILES string of the molecule is Cc1nonc1OCCn1ccnc1-c1cccc2ccnn12. The molecule has 0 amide bonds. The largest absolute Gasteiger partial charge is 0.472 e. The lowest BCUT2D eigenvalue weighted by atomic mass is 10.3. The van der Waals surface area contributed by atoms with Crippen LogP contribution in [0.1, 0.15) is 5.69 Å². The molecule has 8 heteroatoms. The van der Waals surface area contributed by atoms with E-state index in [-0.39, 0.29) is 0 Å². The number of hydrogen-bond acceptors (Lipinski definition) is 6. The fourth-order valence-electron chi connectivity index (χ4n) is 2.44. The summed E-state index contributed by atoms with van der Waals surface area (Å²) in [6.45, 7) is 2.85. The number of hydrogen-bond donors (Lipinski definition) is 0.